The number of amides is 1. The molecule has 3 aromatic rings. The number of benzene rings is 1. The summed E-state index contributed by atoms with van der Waals surface area (Å²) in [7, 11) is 1.88. The van der Waals surface area contributed by atoms with Crippen molar-refractivity contribution in [3.05, 3.63) is 78.7 Å². The van der Waals surface area contributed by atoms with E-state index in [1.165, 1.54) is 6.33 Å². The minimum Gasteiger partial charge on any atom is -0.378 e. The number of aromatic nitrogens is 5. The van der Waals surface area contributed by atoms with E-state index in [9.17, 15) is 4.79 Å². The number of anilines is 1. The summed E-state index contributed by atoms with van der Waals surface area (Å²) >= 11 is 0. The van der Waals surface area contributed by atoms with E-state index < -0.39 is 0 Å². The van der Waals surface area contributed by atoms with Gasteiger partial charge in [-0.25, -0.2) is 9.97 Å². The Balaban J connectivity index is 1.67. The Morgan fingerprint density at radius 2 is 2.16 bits per heavy atom. The molecule has 0 bridgehead atoms. The second kappa shape index (κ2) is 10.1. The topological polar surface area (TPSA) is 110 Å². The summed E-state index contributed by atoms with van der Waals surface area (Å²) in [6, 6.07) is 8.78. The molecular formula is C22H24N8O. The summed E-state index contributed by atoms with van der Waals surface area (Å²) in [5.74, 6) is 1.19. The first-order chi connectivity index (χ1) is 15.0. The zero-order chi connectivity index (χ0) is 22.2. The molecular weight excluding hydrogens is 392 g/mol. The van der Waals surface area contributed by atoms with Gasteiger partial charge in [0.25, 0.3) is 5.91 Å². The molecule has 1 atom stereocenters. The predicted octanol–water partition coefficient (Wildman–Crippen LogP) is 2.77. The van der Waals surface area contributed by atoms with Gasteiger partial charge in [-0.3, -0.25) is 9.79 Å². The first kappa shape index (κ1) is 21.6. The predicted molar refractivity (Wildman–Crippen MR) is 121 cm³/mol. The van der Waals surface area contributed by atoms with Gasteiger partial charge in [0.2, 0.25) is 0 Å². The molecule has 0 aliphatic rings. The standard InChI is InChI=1S/C22H24N8O/c1-5-16(12-23-3)15(2)27-22(31)17-7-6-8-18(11-17)25-13-20-28-29-21(30(20)4)19-9-10-24-14-26-19/h5-12,14-15,25H,1,3,13H2,2,4H3,(H,27,31)/b16-12+/t15-/m0/s1. The van der Waals surface area contributed by atoms with Crippen LogP contribution in [0.4, 0.5) is 5.69 Å². The molecule has 0 spiro atoms. The Hall–Kier alpha value is -4.14. The van der Waals surface area contributed by atoms with Gasteiger partial charge in [0.15, 0.2) is 11.6 Å². The number of rotatable bonds is 9. The van der Waals surface area contributed by atoms with Crippen molar-refractivity contribution in [2.24, 2.45) is 12.0 Å². The van der Waals surface area contributed by atoms with E-state index >= 15 is 0 Å². The van der Waals surface area contributed by atoms with E-state index in [1.807, 2.05) is 30.7 Å². The Kier molecular flexibility index (Phi) is 7.00. The number of nitrogens with one attached hydrogen (secondary N) is 2. The van der Waals surface area contributed by atoms with Crippen LogP contribution in [0.3, 0.4) is 0 Å². The second-order valence-electron chi connectivity index (χ2n) is 6.74. The van der Waals surface area contributed by atoms with Crippen LogP contribution in [-0.2, 0) is 13.6 Å². The van der Waals surface area contributed by atoms with Crippen LogP contribution in [0.2, 0.25) is 0 Å². The number of aliphatic imine (C=N–C) groups is 1. The first-order valence-corrected chi connectivity index (χ1v) is 9.61. The third-order valence-corrected chi connectivity index (χ3v) is 4.68. The lowest BCUT2D eigenvalue weighted by molar-refractivity contribution is 0.0946. The SMILES string of the molecule is C=C/C(=C\N=C)[C@H](C)NC(=O)c1cccc(NCc2nnc(-c3ccncn3)n2C)c1. The highest BCUT2D eigenvalue weighted by atomic mass is 16.1. The van der Waals surface area contributed by atoms with E-state index in [1.54, 1.807) is 36.7 Å². The molecule has 158 valence electrons. The zero-order valence-corrected chi connectivity index (χ0v) is 17.5. The van der Waals surface area contributed by atoms with Crippen LogP contribution >= 0.6 is 0 Å². The quantitative estimate of drug-likeness (QED) is 0.410. The van der Waals surface area contributed by atoms with Crippen LogP contribution in [0, 0.1) is 0 Å². The van der Waals surface area contributed by atoms with Crippen molar-refractivity contribution in [2.75, 3.05) is 5.32 Å². The van der Waals surface area contributed by atoms with Crippen molar-refractivity contribution in [1.29, 1.82) is 0 Å². The minimum absolute atomic E-state index is 0.197. The number of carbonyl (C=O) groups is 1. The molecule has 0 fully saturated rings. The van der Waals surface area contributed by atoms with Crippen LogP contribution in [0.25, 0.3) is 11.5 Å². The molecule has 9 heteroatoms. The Morgan fingerprint density at radius 3 is 2.87 bits per heavy atom. The molecule has 0 saturated carbocycles. The van der Waals surface area contributed by atoms with Gasteiger partial charge in [0, 0.05) is 30.7 Å². The van der Waals surface area contributed by atoms with Gasteiger partial charge in [-0.1, -0.05) is 18.7 Å². The minimum atomic E-state index is -0.244. The Bertz CT molecular complexity index is 1100. The van der Waals surface area contributed by atoms with Crippen molar-refractivity contribution in [3.63, 3.8) is 0 Å². The summed E-state index contributed by atoms with van der Waals surface area (Å²) in [6.45, 7) is 9.47. The molecule has 3 rings (SSSR count). The third kappa shape index (κ3) is 5.27. The van der Waals surface area contributed by atoms with Crippen LogP contribution < -0.4 is 10.6 Å². The number of hydrogen-bond donors (Lipinski definition) is 2. The van der Waals surface area contributed by atoms with Crippen LogP contribution in [0.5, 0.6) is 0 Å². The van der Waals surface area contributed by atoms with E-state index in [0.717, 1.165) is 17.1 Å². The van der Waals surface area contributed by atoms with Gasteiger partial charge in [-0.15, -0.1) is 10.2 Å². The largest absolute Gasteiger partial charge is 0.378 e. The van der Waals surface area contributed by atoms with E-state index in [4.69, 9.17) is 0 Å². The highest BCUT2D eigenvalue weighted by molar-refractivity contribution is 5.95. The molecule has 0 unspecified atom stereocenters. The second-order valence-corrected chi connectivity index (χ2v) is 6.74. The lowest BCUT2D eigenvalue weighted by Gasteiger charge is -2.15. The van der Waals surface area contributed by atoms with Gasteiger partial charge in [-0.05, 0) is 43.5 Å². The van der Waals surface area contributed by atoms with Gasteiger partial charge in [-0.2, -0.15) is 0 Å². The number of nitrogens with zero attached hydrogens (tertiary/aromatic N) is 6. The highest BCUT2D eigenvalue weighted by Gasteiger charge is 2.14. The number of hydrogen-bond acceptors (Lipinski definition) is 7. The first-order valence-electron chi connectivity index (χ1n) is 9.61. The van der Waals surface area contributed by atoms with Crippen molar-refractivity contribution in [1.82, 2.24) is 30.0 Å². The molecule has 2 heterocycles. The fraction of sp³-hybridized carbons (Fsp3) is 0.182. The lowest BCUT2D eigenvalue weighted by atomic mass is 10.1. The van der Waals surface area contributed by atoms with Crippen LogP contribution in [0.1, 0.15) is 23.1 Å². The van der Waals surface area contributed by atoms with Crippen LogP contribution in [0.15, 0.2) is 72.3 Å². The van der Waals surface area contributed by atoms with Gasteiger partial charge in [0.1, 0.15) is 12.0 Å². The monoisotopic (exact) mass is 416 g/mol. The average molecular weight is 416 g/mol. The Labute approximate surface area is 180 Å². The molecule has 1 amide bonds. The molecule has 2 N–H and O–H groups in total. The molecule has 0 saturated heterocycles. The van der Waals surface area contributed by atoms with E-state index in [2.05, 4.69) is 49.1 Å². The van der Waals surface area contributed by atoms with Gasteiger partial charge >= 0.3 is 0 Å². The molecule has 31 heavy (non-hydrogen) atoms. The molecule has 0 aliphatic carbocycles. The van der Waals surface area contributed by atoms with Gasteiger partial charge in [0.05, 0.1) is 12.6 Å². The van der Waals surface area contributed by atoms with Crippen LogP contribution in [-0.4, -0.2) is 43.4 Å². The van der Waals surface area contributed by atoms with Crippen molar-refractivity contribution < 1.29 is 4.79 Å². The van der Waals surface area contributed by atoms with Crippen molar-refractivity contribution >= 4 is 18.3 Å². The maximum atomic E-state index is 12.6. The smallest absolute Gasteiger partial charge is 0.251 e. The maximum absolute atomic E-state index is 12.6. The maximum Gasteiger partial charge on any atom is 0.251 e. The lowest BCUT2D eigenvalue weighted by Crippen LogP contribution is -2.33. The molecule has 2 aromatic heterocycles. The molecule has 1 aromatic carbocycles. The van der Waals surface area contributed by atoms with E-state index in [-0.39, 0.29) is 11.9 Å². The zero-order valence-electron chi connectivity index (χ0n) is 17.5. The number of carbonyl (C=O) groups excluding carboxylic acids is 1. The van der Waals surface area contributed by atoms with Gasteiger partial charge < -0.3 is 15.2 Å². The van der Waals surface area contributed by atoms with Crippen molar-refractivity contribution in [2.45, 2.75) is 19.5 Å². The fourth-order valence-electron chi connectivity index (χ4n) is 2.92. The van der Waals surface area contributed by atoms with Crippen molar-refractivity contribution in [3.8, 4) is 11.5 Å². The molecule has 0 radical (unpaired) electrons. The third-order valence-electron chi connectivity index (χ3n) is 4.68. The molecule has 0 aliphatic heterocycles. The summed E-state index contributed by atoms with van der Waals surface area (Å²) < 4.78 is 1.87. The fourth-order valence-corrected chi connectivity index (χ4v) is 2.92. The molecule has 9 nitrogen and oxygen atoms in total. The Morgan fingerprint density at radius 1 is 1.32 bits per heavy atom. The summed E-state index contributed by atoms with van der Waals surface area (Å²) in [4.78, 5) is 24.5. The highest BCUT2D eigenvalue weighted by Crippen LogP contribution is 2.16. The summed E-state index contributed by atoms with van der Waals surface area (Å²) in [6.07, 6.45) is 6.36. The summed E-state index contributed by atoms with van der Waals surface area (Å²) in [5.41, 5.74) is 2.80. The average Bonchev–Trinajstić information content (AvgIpc) is 3.16. The normalized spacial score (nSPS) is 12.1. The summed E-state index contributed by atoms with van der Waals surface area (Å²) in [5, 5.41) is 14.7. The van der Waals surface area contributed by atoms with E-state index in [0.29, 0.717) is 23.6 Å².